The third-order valence-corrected chi connectivity index (χ3v) is 1.71. The molecule has 4 nitrogen and oxygen atoms in total. The number of halogens is 1. The quantitative estimate of drug-likeness (QED) is 0.748. The molecule has 0 amide bonds. The molecule has 1 rings (SSSR count). The van der Waals surface area contributed by atoms with E-state index < -0.39 is 5.97 Å². The Balaban J connectivity index is 3.21. The minimum atomic E-state index is -0.593. The van der Waals surface area contributed by atoms with Crippen LogP contribution in [0.4, 0.5) is 0 Å². The third-order valence-electron chi connectivity index (χ3n) is 1.52. The van der Waals surface area contributed by atoms with E-state index in [1.54, 1.807) is 13.8 Å². The molecular weight excluding hydrogens is 218 g/mol. The maximum atomic E-state index is 11.4. The fraction of sp³-hybridized carbons (Fsp3) is 0.400. The highest BCUT2D eigenvalue weighted by Gasteiger charge is 2.16. The van der Waals surface area contributed by atoms with E-state index in [1.165, 1.54) is 13.2 Å². The topological polar surface area (TPSA) is 48.4 Å². The predicted octanol–water partition coefficient (Wildman–Crippen LogP) is 2.31. The van der Waals surface area contributed by atoms with E-state index in [-0.39, 0.29) is 28.7 Å². The van der Waals surface area contributed by atoms with Crippen LogP contribution in [0.3, 0.4) is 0 Å². The number of hydrogen-bond donors (Lipinski definition) is 0. The van der Waals surface area contributed by atoms with Crippen molar-refractivity contribution in [1.82, 2.24) is 4.98 Å². The van der Waals surface area contributed by atoms with Crippen molar-refractivity contribution in [2.45, 2.75) is 20.0 Å². The summed E-state index contributed by atoms with van der Waals surface area (Å²) in [7, 11) is 1.25. The summed E-state index contributed by atoms with van der Waals surface area (Å²) in [5, 5.41) is 0.0801. The largest absolute Gasteiger partial charge is 0.474 e. The number of rotatable bonds is 3. The van der Waals surface area contributed by atoms with Gasteiger partial charge < -0.3 is 9.47 Å². The van der Waals surface area contributed by atoms with Crippen LogP contribution in [-0.4, -0.2) is 24.2 Å². The van der Waals surface area contributed by atoms with E-state index in [0.717, 1.165) is 0 Å². The Labute approximate surface area is 94.6 Å². The van der Waals surface area contributed by atoms with Crippen molar-refractivity contribution in [3.8, 4) is 5.88 Å². The fourth-order valence-electron chi connectivity index (χ4n) is 0.954. The van der Waals surface area contributed by atoms with E-state index in [2.05, 4.69) is 9.72 Å². The molecule has 0 saturated carbocycles. The second-order valence-corrected chi connectivity index (χ2v) is 3.50. The maximum Gasteiger partial charge on any atom is 0.343 e. The van der Waals surface area contributed by atoms with Gasteiger partial charge in [0, 0.05) is 6.17 Å². The zero-order valence-corrected chi connectivity index (χ0v) is 9.46. The smallest absolute Gasteiger partial charge is 0.343 e. The summed E-state index contributed by atoms with van der Waals surface area (Å²) < 4.78 is 17.3. The molecule has 82 valence electrons. The van der Waals surface area contributed by atoms with Crippen LogP contribution in [0, 0.1) is 0 Å². The number of carbonyl (C=O) groups is 1. The summed E-state index contributed by atoms with van der Waals surface area (Å²) in [6, 6.07) is 1.32. The van der Waals surface area contributed by atoms with Crippen LogP contribution in [-0.2, 0) is 4.74 Å². The molecule has 5 heteroatoms. The summed E-state index contributed by atoms with van der Waals surface area (Å²) in [5.74, 6) is -0.527. The number of esters is 1. The first-order valence-electron chi connectivity index (χ1n) is 4.87. The Morgan fingerprint density at radius 2 is 2.33 bits per heavy atom. The van der Waals surface area contributed by atoms with Gasteiger partial charge >= 0.3 is 5.97 Å². The molecule has 0 saturated heterocycles. The predicted molar refractivity (Wildman–Crippen MR) is 56.4 cm³/mol. The Bertz CT molecular complexity index is 409. The van der Waals surface area contributed by atoms with E-state index >= 15 is 0 Å². The van der Waals surface area contributed by atoms with Gasteiger partial charge in [-0.1, -0.05) is 11.6 Å². The number of nitrogens with zero attached hydrogens (tertiary/aromatic N) is 1. The minimum Gasteiger partial charge on any atom is -0.474 e. The van der Waals surface area contributed by atoms with Crippen LogP contribution in [0.15, 0.2) is 12.2 Å². The number of carbonyl (C=O) groups excluding carboxylic acids is 1. The van der Waals surface area contributed by atoms with Crippen molar-refractivity contribution in [2.24, 2.45) is 0 Å². The van der Waals surface area contributed by atoms with Gasteiger partial charge in [-0.05, 0) is 19.9 Å². The molecule has 1 aromatic rings. The van der Waals surface area contributed by atoms with Gasteiger partial charge in [0.15, 0.2) is 0 Å². The minimum absolute atomic E-state index is 0.0660. The lowest BCUT2D eigenvalue weighted by atomic mass is 10.2. The molecule has 0 aliphatic heterocycles. The van der Waals surface area contributed by atoms with Crippen LogP contribution < -0.4 is 4.74 Å². The van der Waals surface area contributed by atoms with Crippen LogP contribution >= 0.6 is 11.6 Å². The van der Waals surface area contributed by atoms with Gasteiger partial charge in [0.1, 0.15) is 5.56 Å². The lowest BCUT2D eigenvalue weighted by Gasteiger charge is -2.11. The number of hydrogen-bond acceptors (Lipinski definition) is 4. The first-order chi connectivity index (χ1) is 7.45. The summed E-state index contributed by atoms with van der Waals surface area (Å²) in [6.45, 7) is 3.59. The molecule has 0 aromatic carbocycles. The molecule has 1 heterocycles. The monoisotopic (exact) mass is 230 g/mol. The van der Waals surface area contributed by atoms with Gasteiger partial charge in [0.25, 0.3) is 0 Å². The second-order valence-electron chi connectivity index (χ2n) is 3.09. The standard InChI is InChI=1S/C10H12ClNO3/c1-6(2)15-9-8(10(13)14-3)4-7(11)5-12-9/h4-6H,1-3H3/i5D. The van der Waals surface area contributed by atoms with Crippen LogP contribution in [0.2, 0.25) is 5.02 Å². The molecule has 0 atom stereocenters. The number of methoxy groups -OCH3 is 1. The molecule has 0 aliphatic rings. The van der Waals surface area contributed by atoms with E-state index in [4.69, 9.17) is 17.7 Å². The summed E-state index contributed by atoms with van der Waals surface area (Å²) in [5.41, 5.74) is 0.122. The molecule has 0 spiro atoms. The average Bonchev–Trinajstić information content (AvgIpc) is 2.21. The molecule has 0 N–H and O–H groups in total. The Morgan fingerprint density at radius 3 is 2.87 bits per heavy atom. The van der Waals surface area contributed by atoms with E-state index in [1.807, 2.05) is 0 Å². The van der Waals surface area contributed by atoms with Crippen LogP contribution in [0.1, 0.15) is 25.6 Å². The molecule has 0 aliphatic carbocycles. The van der Waals surface area contributed by atoms with Gasteiger partial charge in [-0.25, -0.2) is 9.78 Å². The summed E-state index contributed by atoms with van der Waals surface area (Å²) >= 11 is 5.71. The van der Waals surface area contributed by atoms with E-state index in [0.29, 0.717) is 0 Å². The first kappa shape index (κ1) is 10.2. The van der Waals surface area contributed by atoms with Crippen molar-refractivity contribution in [3.05, 3.63) is 22.8 Å². The van der Waals surface area contributed by atoms with Crippen LogP contribution in [0.5, 0.6) is 5.88 Å². The van der Waals surface area contributed by atoms with E-state index in [9.17, 15) is 4.79 Å². The van der Waals surface area contributed by atoms with Crippen molar-refractivity contribution < 1.29 is 15.6 Å². The van der Waals surface area contributed by atoms with Gasteiger partial charge in [-0.2, -0.15) is 0 Å². The van der Waals surface area contributed by atoms with Crippen molar-refractivity contribution >= 4 is 17.6 Å². The third kappa shape index (κ3) is 3.09. The average molecular weight is 231 g/mol. The highest BCUT2D eigenvalue weighted by Crippen LogP contribution is 2.21. The molecule has 0 bridgehead atoms. The first-order valence-corrected chi connectivity index (χ1v) is 4.75. The second kappa shape index (κ2) is 4.98. The normalized spacial score (nSPS) is 11.1. The zero-order chi connectivity index (χ0) is 12.3. The molecule has 0 fully saturated rings. The van der Waals surface area contributed by atoms with Gasteiger partial charge in [-0.15, -0.1) is 0 Å². The summed E-state index contributed by atoms with van der Waals surface area (Å²) in [4.78, 5) is 15.2. The van der Waals surface area contributed by atoms with Gasteiger partial charge in [0.2, 0.25) is 5.88 Å². The molecular formula is C10H12ClNO3. The SMILES string of the molecule is [2H]c1nc(OC(C)C)c(C(=O)OC)cc1Cl. The summed E-state index contributed by atoms with van der Waals surface area (Å²) in [6.07, 6.45) is -0.290. The van der Waals surface area contributed by atoms with Gasteiger partial charge in [0.05, 0.1) is 19.6 Å². The van der Waals surface area contributed by atoms with Gasteiger partial charge in [-0.3, -0.25) is 0 Å². The zero-order valence-electron chi connectivity index (χ0n) is 9.70. The molecule has 1 aromatic heterocycles. The Hall–Kier alpha value is -1.29. The number of pyridine rings is 1. The lowest BCUT2D eigenvalue weighted by molar-refractivity contribution is 0.0593. The van der Waals surface area contributed by atoms with Crippen molar-refractivity contribution in [1.29, 1.82) is 0 Å². The molecule has 15 heavy (non-hydrogen) atoms. The molecule has 0 unspecified atom stereocenters. The van der Waals surface area contributed by atoms with Crippen LogP contribution in [0.25, 0.3) is 0 Å². The molecule has 0 radical (unpaired) electrons. The number of ether oxygens (including phenoxy) is 2. The fourth-order valence-corrected chi connectivity index (χ4v) is 1.11. The maximum absolute atomic E-state index is 11.4. The Kier molecular flexibility index (Phi) is 3.40. The highest BCUT2D eigenvalue weighted by atomic mass is 35.5. The number of aromatic nitrogens is 1. The van der Waals surface area contributed by atoms with Crippen molar-refractivity contribution in [2.75, 3.05) is 7.11 Å². The van der Waals surface area contributed by atoms with Crippen molar-refractivity contribution in [3.63, 3.8) is 0 Å². The Morgan fingerprint density at radius 1 is 1.67 bits per heavy atom. The lowest BCUT2D eigenvalue weighted by Crippen LogP contribution is -2.12. The highest BCUT2D eigenvalue weighted by molar-refractivity contribution is 6.30.